The molecule has 0 saturated carbocycles. The molecule has 1 aliphatic rings. The molecule has 5 nitrogen and oxygen atoms in total. The number of ether oxygens (including phenoxy) is 1. The van der Waals surface area contributed by atoms with Gasteiger partial charge in [0.2, 0.25) is 0 Å². The van der Waals surface area contributed by atoms with Gasteiger partial charge in [0.05, 0.1) is 12.6 Å². The Balaban J connectivity index is 1.69. The zero-order valence-corrected chi connectivity index (χ0v) is 11.3. The van der Waals surface area contributed by atoms with Gasteiger partial charge in [-0.1, -0.05) is 6.92 Å². The maximum absolute atomic E-state index is 5.62. The largest absolute Gasteiger partial charge is 0.378 e. The highest BCUT2D eigenvalue weighted by atomic mass is 16.5. The number of rotatable bonds is 8. The molecular formula is C13H24N4O. The van der Waals surface area contributed by atoms with E-state index in [-0.39, 0.29) is 0 Å². The summed E-state index contributed by atoms with van der Waals surface area (Å²) >= 11 is 0. The van der Waals surface area contributed by atoms with E-state index in [1.54, 1.807) is 6.33 Å². The molecule has 1 atom stereocenters. The van der Waals surface area contributed by atoms with E-state index in [1.165, 1.54) is 12.8 Å². The Morgan fingerprint density at radius 2 is 2.50 bits per heavy atom. The van der Waals surface area contributed by atoms with Crippen molar-refractivity contribution in [1.82, 2.24) is 20.1 Å². The van der Waals surface area contributed by atoms with Crippen molar-refractivity contribution in [2.75, 3.05) is 13.2 Å². The van der Waals surface area contributed by atoms with E-state index in [9.17, 15) is 0 Å². The van der Waals surface area contributed by atoms with Gasteiger partial charge in [-0.3, -0.25) is 0 Å². The van der Waals surface area contributed by atoms with Gasteiger partial charge >= 0.3 is 0 Å². The third-order valence-electron chi connectivity index (χ3n) is 3.33. The average Bonchev–Trinajstić information content (AvgIpc) is 3.02. The lowest BCUT2D eigenvalue weighted by atomic mass is 10.1. The second kappa shape index (κ2) is 7.48. The molecule has 18 heavy (non-hydrogen) atoms. The van der Waals surface area contributed by atoms with Gasteiger partial charge < -0.3 is 10.1 Å². The summed E-state index contributed by atoms with van der Waals surface area (Å²) in [5.41, 5.74) is 0. The van der Waals surface area contributed by atoms with Crippen LogP contribution in [0.15, 0.2) is 6.33 Å². The fraction of sp³-hybridized carbons (Fsp3) is 0.846. The van der Waals surface area contributed by atoms with Crippen LogP contribution in [0.4, 0.5) is 0 Å². The van der Waals surface area contributed by atoms with Crippen molar-refractivity contribution in [3.05, 3.63) is 12.2 Å². The van der Waals surface area contributed by atoms with Crippen LogP contribution in [-0.4, -0.2) is 34.0 Å². The van der Waals surface area contributed by atoms with Crippen molar-refractivity contribution in [3.8, 4) is 0 Å². The molecule has 1 aliphatic heterocycles. The number of hydrogen-bond donors (Lipinski definition) is 1. The number of nitrogens with one attached hydrogen (secondary N) is 1. The zero-order valence-electron chi connectivity index (χ0n) is 11.3. The summed E-state index contributed by atoms with van der Waals surface area (Å²) in [6.07, 6.45) is 7.98. The van der Waals surface area contributed by atoms with E-state index in [2.05, 4.69) is 22.3 Å². The molecule has 102 valence electrons. The van der Waals surface area contributed by atoms with Gasteiger partial charge in [-0.05, 0) is 38.6 Å². The fourth-order valence-electron chi connectivity index (χ4n) is 2.33. The Kier molecular flexibility index (Phi) is 5.61. The maximum atomic E-state index is 5.62. The average molecular weight is 252 g/mol. The van der Waals surface area contributed by atoms with Crippen LogP contribution >= 0.6 is 0 Å². The molecule has 2 heterocycles. The highest BCUT2D eigenvalue weighted by Gasteiger charge is 2.15. The van der Waals surface area contributed by atoms with Gasteiger partial charge in [-0.15, -0.1) is 0 Å². The number of aryl methyl sites for hydroxylation is 1. The summed E-state index contributed by atoms with van der Waals surface area (Å²) in [6.45, 7) is 5.90. The highest BCUT2D eigenvalue weighted by Crippen LogP contribution is 2.17. The van der Waals surface area contributed by atoms with Gasteiger partial charge in [-0.2, -0.15) is 5.10 Å². The Hall–Kier alpha value is -0.940. The van der Waals surface area contributed by atoms with Gasteiger partial charge in [-0.25, -0.2) is 9.67 Å². The molecule has 1 saturated heterocycles. The van der Waals surface area contributed by atoms with E-state index in [0.29, 0.717) is 6.10 Å². The lowest BCUT2D eigenvalue weighted by Crippen LogP contribution is -2.18. The molecule has 1 fully saturated rings. The predicted molar refractivity (Wildman–Crippen MR) is 70.2 cm³/mol. The SMILES string of the molecule is CCCNCc1ncnn1CCCC1CCCO1. The van der Waals surface area contributed by atoms with Crippen LogP contribution in [0.3, 0.4) is 0 Å². The third kappa shape index (κ3) is 4.07. The first kappa shape index (κ1) is 13.5. The van der Waals surface area contributed by atoms with Crippen LogP contribution < -0.4 is 5.32 Å². The summed E-state index contributed by atoms with van der Waals surface area (Å²) in [5, 5.41) is 7.65. The topological polar surface area (TPSA) is 52.0 Å². The summed E-state index contributed by atoms with van der Waals surface area (Å²) in [6, 6.07) is 0. The highest BCUT2D eigenvalue weighted by molar-refractivity contribution is 4.83. The Morgan fingerprint density at radius 3 is 3.28 bits per heavy atom. The number of aromatic nitrogens is 3. The van der Waals surface area contributed by atoms with Crippen molar-refractivity contribution in [3.63, 3.8) is 0 Å². The molecule has 0 amide bonds. The van der Waals surface area contributed by atoms with Crippen molar-refractivity contribution in [2.24, 2.45) is 0 Å². The molecule has 1 unspecified atom stereocenters. The molecule has 0 spiro atoms. The first-order valence-electron chi connectivity index (χ1n) is 7.09. The lowest BCUT2D eigenvalue weighted by molar-refractivity contribution is 0.101. The molecule has 0 radical (unpaired) electrons. The van der Waals surface area contributed by atoms with Crippen molar-refractivity contribution < 1.29 is 4.74 Å². The van der Waals surface area contributed by atoms with E-state index in [4.69, 9.17) is 4.74 Å². The van der Waals surface area contributed by atoms with Gasteiger partial charge in [0.1, 0.15) is 12.2 Å². The molecule has 0 aliphatic carbocycles. The summed E-state index contributed by atoms with van der Waals surface area (Å²) < 4.78 is 7.64. The third-order valence-corrected chi connectivity index (χ3v) is 3.33. The minimum absolute atomic E-state index is 0.482. The van der Waals surface area contributed by atoms with Crippen molar-refractivity contribution in [2.45, 2.75) is 58.2 Å². The smallest absolute Gasteiger partial charge is 0.140 e. The minimum atomic E-state index is 0.482. The van der Waals surface area contributed by atoms with Crippen LogP contribution in [0.1, 0.15) is 44.9 Å². The fourth-order valence-corrected chi connectivity index (χ4v) is 2.33. The second-order valence-electron chi connectivity index (χ2n) is 4.85. The normalized spacial score (nSPS) is 19.5. The standard InChI is InChI=1S/C13H24N4O/c1-2-7-14-10-13-15-11-16-17(13)8-3-5-12-6-4-9-18-12/h11-12,14H,2-10H2,1H3. The Bertz CT molecular complexity index is 333. The van der Waals surface area contributed by atoms with Crippen molar-refractivity contribution >= 4 is 0 Å². The first-order chi connectivity index (χ1) is 8.90. The van der Waals surface area contributed by atoms with E-state index in [1.807, 2.05) is 4.68 Å². The van der Waals surface area contributed by atoms with Crippen molar-refractivity contribution in [1.29, 1.82) is 0 Å². The molecule has 1 N–H and O–H groups in total. The molecule has 1 aromatic heterocycles. The lowest BCUT2D eigenvalue weighted by Gasteiger charge is -2.10. The summed E-state index contributed by atoms with van der Waals surface area (Å²) in [4.78, 5) is 4.30. The van der Waals surface area contributed by atoms with Crippen LogP contribution in [0.5, 0.6) is 0 Å². The molecule has 1 aromatic rings. The zero-order chi connectivity index (χ0) is 12.6. The Labute approximate surface area is 109 Å². The van der Waals surface area contributed by atoms with Crippen LogP contribution in [0.2, 0.25) is 0 Å². The quantitative estimate of drug-likeness (QED) is 0.716. The Morgan fingerprint density at radius 1 is 1.56 bits per heavy atom. The van der Waals surface area contributed by atoms with Gasteiger partial charge in [0.25, 0.3) is 0 Å². The van der Waals surface area contributed by atoms with Crippen LogP contribution in [-0.2, 0) is 17.8 Å². The maximum Gasteiger partial charge on any atom is 0.140 e. The molecule has 0 aromatic carbocycles. The molecule has 5 heteroatoms. The predicted octanol–water partition coefficient (Wildman–Crippen LogP) is 1.74. The van der Waals surface area contributed by atoms with E-state index >= 15 is 0 Å². The summed E-state index contributed by atoms with van der Waals surface area (Å²) in [7, 11) is 0. The summed E-state index contributed by atoms with van der Waals surface area (Å²) in [5.74, 6) is 1.04. The second-order valence-corrected chi connectivity index (χ2v) is 4.85. The van der Waals surface area contributed by atoms with Gasteiger partial charge in [0, 0.05) is 13.2 Å². The molecular weight excluding hydrogens is 228 g/mol. The van der Waals surface area contributed by atoms with Crippen LogP contribution in [0.25, 0.3) is 0 Å². The number of nitrogens with zero attached hydrogens (tertiary/aromatic N) is 3. The van der Waals surface area contributed by atoms with Gasteiger partial charge in [0.15, 0.2) is 0 Å². The van der Waals surface area contributed by atoms with E-state index < -0.39 is 0 Å². The molecule has 0 bridgehead atoms. The van der Waals surface area contributed by atoms with Crippen LogP contribution in [0, 0.1) is 0 Å². The first-order valence-corrected chi connectivity index (χ1v) is 7.09. The number of hydrogen-bond acceptors (Lipinski definition) is 4. The minimum Gasteiger partial charge on any atom is -0.378 e. The molecule has 2 rings (SSSR count). The van der Waals surface area contributed by atoms with E-state index in [0.717, 1.165) is 51.3 Å². The monoisotopic (exact) mass is 252 g/mol.